The van der Waals surface area contributed by atoms with Gasteiger partial charge in [0, 0.05) is 25.7 Å². The Balaban J connectivity index is 5.19. The van der Waals surface area contributed by atoms with Crippen LogP contribution in [-0.2, 0) is 65.4 Å². The minimum absolute atomic E-state index is 0.107. The quantitative estimate of drug-likeness (QED) is 0.0222. The average molecular weight is 1480 g/mol. The monoisotopic (exact) mass is 1480 g/mol. The van der Waals surface area contributed by atoms with Crippen LogP contribution in [0.15, 0.2) is 0 Å². The minimum atomic E-state index is -4.96. The van der Waals surface area contributed by atoms with E-state index in [1.807, 2.05) is 0 Å². The maximum Gasteiger partial charge on any atom is 0.472 e. The van der Waals surface area contributed by atoms with E-state index in [4.69, 9.17) is 37.0 Å². The summed E-state index contributed by atoms with van der Waals surface area (Å²) in [5, 5.41) is 10.6. The highest BCUT2D eigenvalue weighted by atomic mass is 31.2. The Morgan fingerprint density at radius 1 is 0.267 bits per heavy atom. The second kappa shape index (κ2) is 73.6. The highest BCUT2D eigenvalue weighted by molar-refractivity contribution is 7.47. The highest BCUT2D eigenvalue weighted by Gasteiger charge is 2.30. The van der Waals surface area contributed by atoms with Gasteiger partial charge < -0.3 is 33.8 Å². The summed E-state index contributed by atoms with van der Waals surface area (Å²) in [7, 11) is -9.92. The summed E-state index contributed by atoms with van der Waals surface area (Å²) >= 11 is 0. The van der Waals surface area contributed by atoms with Gasteiger partial charge in [0.25, 0.3) is 0 Å². The molecule has 0 amide bonds. The average Bonchev–Trinajstić information content (AvgIpc) is 0.980. The van der Waals surface area contributed by atoms with E-state index in [2.05, 4.69) is 41.5 Å². The zero-order valence-corrected chi connectivity index (χ0v) is 68.0. The molecule has 0 bridgehead atoms. The fourth-order valence-electron chi connectivity index (χ4n) is 12.7. The molecule has 0 aliphatic rings. The number of aliphatic hydroxyl groups excluding tert-OH is 1. The van der Waals surface area contributed by atoms with Crippen molar-refractivity contribution < 1.29 is 80.2 Å². The number of esters is 4. The van der Waals surface area contributed by atoms with Crippen LogP contribution in [0, 0.1) is 11.8 Å². The Morgan fingerprint density at radius 3 is 0.673 bits per heavy atom. The van der Waals surface area contributed by atoms with Gasteiger partial charge in [0.2, 0.25) is 0 Å². The summed E-state index contributed by atoms with van der Waals surface area (Å²) in [6, 6.07) is 0. The van der Waals surface area contributed by atoms with E-state index in [9.17, 15) is 43.2 Å². The molecule has 0 aliphatic heterocycles. The summed E-state index contributed by atoms with van der Waals surface area (Å²) in [4.78, 5) is 73.0. The molecule has 0 rings (SSSR count). The van der Waals surface area contributed by atoms with Crippen molar-refractivity contribution in [3.8, 4) is 0 Å². The molecule has 0 aromatic carbocycles. The topological polar surface area (TPSA) is 237 Å². The third-order valence-corrected chi connectivity index (χ3v) is 21.1. The molecule has 5 atom stereocenters. The first-order chi connectivity index (χ1) is 48.9. The lowest BCUT2D eigenvalue weighted by Gasteiger charge is -2.21. The fourth-order valence-corrected chi connectivity index (χ4v) is 14.3. The number of phosphoric acid groups is 2. The standard InChI is InChI=1S/C82H160O17P2/c1-7-9-11-13-15-17-18-19-20-21-25-28-31-36-41-47-53-59-65-80(85)93-71-78(99-81(86)66-60-54-48-42-37-32-29-26-23-22-24-27-30-34-39-44-50-56-62-74(3)4)73-97-101(90,91)95-69-76(83)68-94-100(88,89)96-72-77(70-92-79(84)64-58-52-46-16-14-12-10-8-2)98-82(87)67-61-55-49-43-38-33-35-40-45-51-57-63-75(5)6/h74-78,83H,7-73H2,1-6H3,(H,88,89)(H,90,91)/t76-,77+,78+/m0/s1. The lowest BCUT2D eigenvalue weighted by molar-refractivity contribution is -0.161. The van der Waals surface area contributed by atoms with E-state index in [0.29, 0.717) is 25.7 Å². The second-order valence-electron chi connectivity index (χ2n) is 30.5. The summed E-state index contributed by atoms with van der Waals surface area (Å²) < 4.78 is 68.7. The van der Waals surface area contributed by atoms with Crippen LogP contribution in [0.5, 0.6) is 0 Å². The van der Waals surface area contributed by atoms with Gasteiger partial charge >= 0.3 is 39.5 Å². The van der Waals surface area contributed by atoms with E-state index in [1.165, 1.54) is 244 Å². The van der Waals surface area contributed by atoms with Gasteiger partial charge in [-0.1, -0.05) is 382 Å². The Bertz CT molecular complexity index is 1940. The summed E-state index contributed by atoms with van der Waals surface area (Å²) in [6.07, 6.45) is 64.0. The second-order valence-corrected chi connectivity index (χ2v) is 33.4. The van der Waals surface area contributed by atoms with Gasteiger partial charge in [-0.15, -0.1) is 0 Å². The van der Waals surface area contributed by atoms with Crippen molar-refractivity contribution in [1.29, 1.82) is 0 Å². The molecule has 19 heteroatoms. The van der Waals surface area contributed by atoms with Gasteiger partial charge in [-0.3, -0.25) is 37.3 Å². The van der Waals surface area contributed by atoms with Gasteiger partial charge in [-0.2, -0.15) is 0 Å². The Hall–Kier alpha value is -1.94. The zero-order chi connectivity index (χ0) is 74.2. The number of ether oxygens (including phenoxy) is 4. The van der Waals surface area contributed by atoms with Crippen LogP contribution >= 0.6 is 15.6 Å². The number of rotatable bonds is 81. The molecular formula is C82H160O17P2. The van der Waals surface area contributed by atoms with Crippen LogP contribution in [-0.4, -0.2) is 96.7 Å². The number of hydrogen-bond donors (Lipinski definition) is 3. The van der Waals surface area contributed by atoms with E-state index in [0.717, 1.165) is 108 Å². The summed E-state index contributed by atoms with van der Waals surface area (Å²) in [5.41, 5.74) is 0. The molecule has 0 aromatic heterocycles. The maximum atomic E-state index is 13.1. The molecule has 3 N–H and O–H groups in total. The molecule has 0 saturated heterocycles. The lowest BCUT2D eigenvalue weighted by atomic mass is 10.0. The number of phosphoric ester groups is 2. The van der Waals surface area contributed by atoms with Crippen molar-refractivity contribution in [3.05, 3.63) is 0 Å². The smallest absolute Gasteiger partial charge is 0.462 e. The third-order valence-electron chi connectivity index (χ3n) is 19.2. The number of unbranched alkanes of at least 4 members (excludes halogenated alkanes) is 51. The van der Waals surface area contributed by atoms with Gasteiger partial charge in [0.05, 0.1) is 26.4 Å². The van der Waals surface area contributed by atoms with Crippen LogP contribution in [0.1, 0.15) is 433 Å². The van der Waals surface area contributed by atoms with Crippen molar-refractivity contribution in [1.82, 2.24) is 0 Å². The predicted octanol–water partition coefficient (Wildman–Crippen LogP) is 24.7. The molecule has 0 fully saturated rings. The van der Waals surface area contributed by atoms with Crippen LogP contribution < -0.4 is 0 Å². The zero-order valence-electron chi connectivity index (χ0n) is 66.2. The summed E-state index contributed by atoms with van der Waals surface area (Å²) in [5.74, 6) is -0.524. The number of carbonyl (C=O) groups excluding carboxylic acids is 4. The molecule has 0 heterocycles. The largest absolute Gasteiger partial charge is 0.472 e. The molecule has 0 spiro atoms. The van der Waals surface area contributed by atoms with Gasteiger partial charge in [-0.05, 0) is 37.5 Å². The first-order valence-electron chi connectivity index (χ1n) is 42.5. The first kappa shape index (κ1) is 99.1. The molecule has 0 aliphatic carbocycles. The molecule has 0 saturated carbocycles. The third kappa shape index (κ3) is 76.1. The number of aliphatic hydroxyl groups is 1. The van der Waals surface area contributed by atoms with E-state index in [1.54, 1.807) is 0 Å². The molecule has 17 nitrogen and oxygen atoms in total. The van der Waals surface area contributed by atoms with E-state index >= 15 is 0 Å². The SMILES string of the molecule is CCCCCCCCCCCCCCCCCCCCC(=O)OC[C@H](COP(=O)(O)OC[C@@H](O)COP(=O)(O)OC[C@@H](COC(=O)CCCCCCCCCC)OC(=O)CCCCCCCCCCCCCC(C)C)OC(=O)CCCCCCCCCCCCCCCCCCCCC(C)C. The summed E-state index contributed by atoms with van der Waals surface area (Å²) in [6.45, 7) is 9.65. The normalized spacial score (nSPS) is 13.9. The number of hydrogen-bond acceptors (Lipinski definition) is 15. The molecule has 600 valence electrons. The Labute approximate surface area is 619 Å². The van der Waals surface area contributed by atoms with Gasteiger partial charge in [0.15, 0.2) is 12.2 Å². The van der Waals surface area contributed by atoms with Crippen LogP contribution in [0.4, 0.5) is 0 Å². The maximum absolute atomic E-state index is 13.1. The molecule has 101 heavy (non-hydrogen) atoms. The van der Waals surface area contributed by atoms with Gasteiger partial charge in [0.1, 0.15) is 19.3 Å². The van der Waals surface area contributed by atoms with Crippen molar-refractivity contribution in [2.24, 2.45) is 11.8 Å². The highest BCUT2D eigenvalue weighted by Crippen LogP contribution is 2.45. The van der Waals surface area contributed by atoms with Crippen molar-refractivity contribution >= 4 is 39.5 Å². The number of carbonyl (C=O) groups is 4. The molecule has 0 aromatic rings. The van der Waals surface area contributed by atoms with E-state index in [-0.39, 0.29) is 25.7 Å². The van der Waals surface area contributed by atoms with Crippen molar-refractivity contribution in [2.75, 3.05) is 39.6 Å². The molecule has 2 unspecified atom stereocenters. The van der Waals surface area contributed by atoms with E-state index < -0.39 is 97.5 Å². The van der Waals surface area contributed by atoms with Crippen LogP contribution in [0.3, 0.4) is 0 Å². The fraction of sp³-hybridized carbons (Fsp3) is 0.951. The van der Waals surface area contributed by atoms with Crippen molar-refractivity contribution in [3.63, 3.8) is 0 Å². The van der Waals surface area contributed by atoms with Gasteiger partial charge in [-0.25, -0.2) is 9.13 Å². The molecule has 0 radical (unpaired) electrons. The predicted molar refractivity (Wildman–Crippen MR) is 414 cm³/mol. The Morgan fingerprint density at radius 2 is 0.455 bits per heavy atom. The Kier molecular flexibility index (Phi) is 72.2. The lowest BCUT2D eigenvalue weighted by Crippen LogP contribution is -2.30. The first-order valence-corrected chi connectivity index (χ1v) is 45.5. The minimum Gasteiger partial charge on any atom is -0.462 e. The molecular weight excluding hydrogens is 1320 g/mol. The van der Waals surface area contributed by atoms with Crippen molar-refractivity contribution in [2.45, 2.75) is 452 Å². The van der Waals surface area contributed by atoms with Crippen LogP contribution in [0.2, 0.25) is 0 Å². The van der Waals surface area contributed by atoms with Crippen LogP contribution in [0.25, 0.3) is 0 Å².